The molecule has 106 valence electrons. The lowest BCUT2D eigenvalue weighted by molar-refractivity contribution is -0.145. The van der Waals surface area contributed by atoms with Gasteiger partial charge in [-0.1, -0.05) is 20.3 Å². The third-order valence-corrected chi connectivity index (χ3v) is 2.74. The summed E-state index contributed by atoms with van der Waals surface area (Å²) in [6.07, 6.45) is 0.119. The number of rotatable bonds is 5. The van der Waals surface area contributed by atoms with Crippen LogP contribution in [0.2, 0.25) is 0 Å². The Morgan fingerprint density at radius 2 is 1.78 bits per heavy atom. The first kappa shape index (κ1) is 16.7. The summed E-state index contributed by atoms with van der Waals surface area (Å²) < 4.78 is 5.24. The van der Waals surface area contributed by atoms with Crippen molar-refractivity contribution in [1.82, 2.24) is 4.90 Å². The highest BCUT2D eigenvalue weighted by Gasteiger charge is 2.34. The second kappa shape index (κ2) is 6.61. The van der Waals surface area contributed by atoms with Gasteiger partial charge in [0.1, 0.15) is 11.6 Å². The van der Waals surface area contributed by atoms with Gasteiger partial charge in [-0.2, -0.15) is 0 Å². The monoisotopic (exact) mass is 259 g/mol. The van der Waals surface area contributed by atoms with Crippen LogP contribution in [0.5, 0.6) is 0 Å². The molecule has 1 amide bonds. The molecule has 0 rings (SSSR count). The molecule has 1 N–H and O–H groups in total. The lowest BCUT2D eigenvalue weighted by atomic mass is 9.98. The van der Waals surface area contributed by atoms with E-state index < -0.39 is 23.7 Å². The van der Waals surface area contributed by atoms with E-state index in [0.29, 0.717) is 13.0 Å². The van der Waals surface area contributed by atoms with Crippen LogP contribution in [0.4, 0.5) is 4.79 Å². The minimum absolute atomic E-state index is 0.116. The number of carboxylic acids is 1. The Labute approximate surface area is 109 Å². The molecule has 0 aromatic heterocycles. The molecule has 5 heteroatoms. The van der Waals surface area contributed by atoms with Crippen molar-refractivity contribution in [1.29, 1.82) is 0 Å². The quantitative estimate of drug-likeness (QED) is 0.824. The van der Waals surface area contributed by atoms with Crippen molar-refractivity contribution >= 4 is 12.1 Å². The minimum atomic E-state index is -0.989. The molecule has 0 heterocycles. The third-order valence-electron chi connectivity index (χ3n) is 2.74. The summed E-state index contributed by atoms with van der Waals surface area (Å²) in [7, 11) is 0. The van der Waals surface area contributed by atoms with Crippen molar-refractivity contribution in [2.45, 2.75) is 59.6 Å². The van der Waals surface area contributed by atoms with E-state index in [-0.39, 0.29) is 5.92 Å². The first-order valence-corrected chi connectivity index (χ1v) is 6.36. The first-order valence-electron chi connectivity index (χ1n) is 6.36. The van der Waals surface area contributed by atoms with Crippen molar-refractivity contribution in [3.63, 3.8) is 0 Å². The zero-order valence-corrected chi connectivity index (χ0v) is 12.2. The molecule has 0 saturated carbocycles. The maximum Gasteiger partial charge on any atom is 0.411 e. The summed E-state index contributed by atoms with van der Waals surface area (Å²) in [5.74, 6) is -1.10. The summed E-state index contributed by atoms with van der Waals surface area (Å²) >= 11 is 0. The van der Waals surface area contributed by atoms with Crippen LogP contribution >= 0.6 is 0 Å². The number of likely N-dealkylation sites (N-methyl/N-ethyl adjacent to an activating group) is 1. The van der Waals surface area contributed by atoms with Crippen LogP contribution in [0.3, 0.4) is 0 Å². The van der Waals surface area contributed by atoms with Gasteiger partial charge in [0.2, 0.25) is 0 Å². The van der Waals surface area contributed by atoms with Crippen molar-refractivity contribution < 1.29 is 19.4 Å². The Morgan fingerprint density at radius 1 is 1.28 bits per heavy atom. The molecular formula is C13H25NO4. The fourth-order valence-electron chi connectivity index (χ4n) is 1.67. The summed E-state index contributed by atoms with van der Waals surface area (Å²) in [6, 6.07) is -0.838. The molecule has 0 saturated heterocycles. The maximum atomic E-state index is 12.0. The fraction of sp³-hybridized carbons (Fsp3) is 0.846. The normalized spacial score (nSPS) is 14.8. The van der Waals surface area contributed by atoms with E-state index in [4.69, 9.17) is 4.74 Å². The number of carbonyl (C=O) groups excluding carboxylic acids is 1. The van der Waals surface area contributed by atoms with Gasteiger partial charge in [-0.25, -0.2) is 9.59 Å². The number of nitrogens with zero attached hydrogens (tertiary/aromatic N) is 1. The molecule has 0 aliphatic heterocycles. The third kappa shape index (κ3) is 4.94. The van der Waals surface area contributed by atoms with Crippen LogP contribution in [-0.4, -0.2) is 40.3 Å². The molecule has 0 radical (unpaired) electrons. The first-order chi connectivity index (χ1) is 8.14. The zero-order chi connectivity index (χ0) is 14.5. The Morgan fingerprint density at radius 3 is 2.06 bits per heavy atom. The van der Waals surface area contributed by atoms with E-state index in [1.54, 1.807) is 27.7 Å². The zero-order valence-electron chi connectivity index (χ0n) is 12.2. The van der Waals surface area contributed by atoms with Gasteiger partial charge in [-0.05, 0) is 33.6 Å². The van der Waals surface area contributed by atoms with E-state index in [1.807, 2.05) is 13.8 Å². The molecule has 0 aromatic carbocycles. The number of aliphatic carboxylic acids is 1. The second-order valence-electron chi connectivity index (χ2n) is 5.43. The van der Waals surface area contributed by atoms with Gasteiger partial charge in [0, 0.05) is 6.54 Å². The molecule has 0 aromatic rings. The van der Waals surface area contributed by atoms with Gasteiger partial charge < -0.3 is 9.84 Å². The molecule has 0 spiro atoms. The van der Waals surface area contributed by atoms with Crippen LogP contribution < -0.4 is 0 Å². The molecule has 5 nitrogen and oxygen atoms in total. The molecular weight excluding hydrogens is 234 g/mol. The van der Waals surface area contributed by atoms with E-state index >= 15 is 0 Å². The Kier molecular flexibility index (Phi) is 6.15. The summed E-state index contributed by atoms with van der Waals surface area (Å²) in [4.78, 5) is 24.6. The van der Waals surface area contributed by atoms with Crippen LogP contribution in [-0.2, 0) is 9.53 Å². The predicted molar refractivity (Wildman–Crippen MR) is 69.5 cm³/mol. The standard InChI is InChI=1S/C13H25NO4/c1-7-9(3)10(11(15)16)14(8-2)12(17)18-13(4,5)6/h9-10H,7-8H2,1-6H3,(H,15,16). The van der Waals surface area contributed by atoms with Gasteiger partial charge in [0.05, 0.1) is 0 Å². The molecule has 2 unspecified atom stereocenters. The van der Waals surface area contributed by atoms with Gasteiger partial charge >= 0.3 is 12.1 Å². The van der Waals surface area contributed by atoms with Crippen molar-refractivity contribution in [3.8, 4) is 0 Å². The number of carboxylic acid groups (broad SMARTS) is 1. The van der Waals surface area contributed by atoms with Gasteiger partial charge in [-0.3, -0.25) is 4.90 Å². The van der Waals surface area contributed by atoms with Gasteiger partial charge in [-0.15, -0.1) is 0 Å². The molecule has 18 heavy (non-hydrogen) atoms. The van der Waals surface area contributed by atoms with E-state index in [2.05, 4.69) is 0 Å². The number of hydrogen-bond acceptors (Lipinski definition) is 3. The topological polar surface area (TPSA) is 66.8 Å². The number of hydrogen-bond donors (Lipinski definition) is 1. The maximum absolute atomic E-state index is 12.0. The van der Waals surface area contributed by atoms with Crippen molar-refractivity contribution in [2.24, 2.45) is 5.92 Å². The smallest absolute Gasteiger partial charge is 0.411 e. The van der Waals surface area contributed by atoms with Crippen LogP contribution in [0.1, 0.15) is 48.0 Å². The van der Waals surface area contributed by atoms with E-state index in [1.165, 1.54) is 4.90 Å². The Hall–Kier alpha value is -1.26. The van der Waals surface area contributed by atoms with Crippen molar-refractivity contribution in [2.75, 3.05) is 6.54 Å². The average molecular weight is 259 g/mol. The molecule has 0 bridgehead atoms. The predicted octanol–water partition coefficient (Wildman–Crippen LogP) is 2.74. The highest BCUT2D eigenvalue weighted by molar-refractivity contribution is 5.80. The Bertz CT molecular complexity index is 296. The lowest BCUT2D eigenvalue weighted by Gasteiger charge is -2.33. The summed E-state index contributed by atoms with van der Waals surface area (Å²) in [5.41, 5.74) is -0.622. The number of amides is 1. The van der Waals surface area contributed by atoms with E-state index in [9.17, 15) is 14.7 Å². The Balaban J connectivity index is 5.02. The molecule has 0 aliphatic rings. The second-order valence-corrected chi connectivity index (χ2v) is 5.43. The molecule has 2 atom stereocenters. The summed E-state index contributed by atoms with van der Waals surface area (Å²) in [5, 5.41) is 9.27. The van der Waals surface area contributed by atoms with Crippen LogP contribution in [0, 0.1) is 5.92 Å². The van der Waals surface area contributed by atoms with Gasteiger partial charge in [0.15, 0.2) is 0 Å². The van der Waals surface area contributed by atoms with Crippen LogP contribution in [0.15, 0.2) is 0 Å². The SMILES string of the molecule is CCC(C)C(C(=O)O)N(CC)C(=O)OC(C)(C)C. The number of carbonyl (C=O) groups is 2. The largest absolute Gasteiger partial charge is 0.480 e. The average Bonchev–Trinajstić information content (AvgIpc) is 2.21. The highest BCUT2D eigenvalue weighted by atomic mass is 16.6. The highest BCUT2D eigenvalue weighted by Crippen LogP contribution is 2.18. The molecule has 0 aliphatic carbocycles. The summed E-state index contributed by atoms with van der Waals surface area (Å²) in [6.45, 7) is 11.1. The minimum Gasteiger partial charge on any atom is -0.480 e. The lowest BCUT2D eigenvalue weighted by Crippen LogP contribution is -2.50. The van der Waals surface area contributed by atoms with Crippen LogP contribution in [0.25, 0.3) is 0 Å². The number of ether oxygens (including phenoxy) is 1. The van der Waals surface area contributed by atoms with Gasteiger partial charge in [0.25, 0.3) is 0 Å². The fourth-order valence-corrected chi connectivity index (χ4v) is 1.67. The van der Waals surface area contributed by atoms with E-state index in [0.717, 1.165) is 0 Å². The van der Waals surface area contributed by atoms with Crippen molar-refractivity contribution in [3.05, 3.63) is 0 Å². The molecule has 0 fully saturated rings.